The molecule has 1 atom stereocenters. The maximum absolute atomic E-state index is 14.4. The minimum atomic E-state index is -0.877. The molecule has 5 rings (SSSR count). The van der Waals surface area contributed by atoms with Crippen LogP contribution >= 0.6 is 0 Å². The van der Waals surface area contributed by atoms with E-state index < -0.39 is 5.41 Å². The molecule has 2 aromatic heterocycles. The summed E-state index contributed by atoms with van der Waals surface area (Å²) in [5, 5.41) is 0. The number of anilines is 2. The number of carbonyl (C=O) groups is 2. The molecule has 8 heteroatoms. The molecule has 0 spiro atoms. The van der Waals surface area contributed by atoms with Gasteiger partial charge in [0.2, 0.25) is 11.8 Å². The molecule has 2 amide bonds. The van der Waals surface area contributed by atoms with Crippen molar-refractivity contribution >= 4 is 23.5 Å². The van der Waals surface area contributed by atoms with Gasteiger partial charge in [0.15, 0.2) is 0 Å². The first kappa shape index (κ1) is 26.7. The Labute approximate surface area is 231 Å². The fourth-order valence-electron chi connectivity index (χ4n) is 5.90. The van der Waals surface area contributed by atoms with Crippen LogP contribution in [0.15, 0.2) is 79.1 Å². The highest BCUT2D eigenvalue weighted by atomic mass is 16.2. The van der Waals surface area contributed by atoms with Crippen molar-refractivity contribution in [2.75, 3.05) is 62.2 Å². The van der Waals surface area contributed by atoms with E-state index >= 15 is 0 Å². The number of aromatic nitrogens is 2. The first-order valence-electron chi connectivity index (χ1n) is 14.1. The first-order chi connectivity index (χ1) is 19.1. The molecular weight excluding hydrogens is 488 g/mol. The van der Waals surface area contributed by atoms with E-state index in [1.165, 1.54) is 0 Å². The Hall–Kier alpha value is -3.94. The van der Waals surface area contributed by atoms with Gasteiger partial charge in [-0.3, -0.25) is 9.59 Å². The van der Waals surface area contributed by atoms with Crippen LogP contribution in [0.4, 0.5) is 11.6 Å². The fourth-order valence-corrected chi connectivity index (χ4v) is 5.90. The van der Waals surface area contributed by atoms with Crippen LogP contribution in [0.3, 0.4) is 0 Å². The lowest BCUT2D eigenvalue weighted by molar-refractivity contribution is -0.144. The highest BCUT2D eigenvalue weighted by molar-refractivity contribution is 5.94. The monoisotopic (exact) mass is 526 g/mol. The second-order valence-electron chi connectivity index (χ2n) is 10.4. The molecule has 0 N–H and O–H groups in total. The number of benzene rings is 1. The summed E-state index contributed by atoms with van der Waals surface area (Å²) >= 11 is 0. The van der Waals surface area contributed by atoms with Crippen molar-refractivity contribution in [2.45, 2.75) is 31.6 Å². The molecule has 1 aromatic carbocycles. The Balaban J connectivity index is 1.32. The first-order valence-corrected chi connectivity index (χ1v) is 14.1. The minimum absolute atomic E-state index is 0.0495. The molecule has 8 nitrogen and oxygen atoms in total. The topological polar surface area (TPSA) is 72.9 Å². The lowest BCUT2D eigenvalue weighted by Crippen LogP contribution is -2.57. The molecule has 204 valence electrons. The van der Waals surface area contributed by atoms with E-state index in [4.69, 9.17) is 0 Å². The Bertz CT molecular complexity index is 1210. The summed E-state index contributed by atoms with van der Waals surface area (Å²) in [6.45, 7) is 7.50. The van der Waals surface area contributed by atoms with Gasteiger partial charge in [0.05, 0.1) is 5.41 Å². The quantitative estimate of drug-likeness (QED) is 0.447. The van der Waals surface area contributed by atoms with Crippen LogP contribution in [0.2, 0.25) is 0 Å². The Morgan fingerprint density at radius 1 is 0.692 bits per heavy atom. The van der Waals surface area contributed by atoms with Crippen LogP contribution in [-0.4, -0.2) is 83.9 Å². The van der Waals surface area contributed by atoms with Crippen molar-refractivity contribution in [3.63, 3.8) is 0 Å². The average Bonchev–Trinajstić information content (AvgIpc) is 3.02. The molecule has 1 unspecified atom stereocenters. The second-order valence-corrected chi connectivity index (χ2v) is 10.4. The Morgan fingerprint density at radius 3 is 1.69 bits per heavy atom. The summed E-state index contributed by atoms with van der Waals surface area (Å²) in [5.74, 6) is 1.99. The van der Waals surface area contributed by atoms with Gasteiger partial charge in [0, 0.05) is 71.2 Å². The molecule has 0 bridgehead atoms. The van der Waals surface area contributed by atoms with E-state index in [0.29, 0.717) is 32.6 Å². The summed E-state index contributed by atoms with van der Waals surface area (Å²) in [5.41, 5.74) is 0.0581. The normalized spacial score (nSPS) is 17.6. The van der Waals surface area contributed by atoms with E-state index in [1.54, 1.807) is 12.4 Å². The third-order valence-corrected chi connectivity index (χ3v) is 8.01. The lowest BCUT2D eigenvalue weighted by atomic mass is 9.72. The van der Waals surface area contributed by atoms with Crippen molar-refractivity contribution in [1.82, 2.24) is 19.8 Å². The minimum Gasteiger partial charge on any atom is -0.353 e. The molecule has 0 radical (unpaired) electrons. The number of nitrogens with zero attached hydrogens (tertiary/aromatic N) is 6. The Kier molecular flexibility index (Phi) is 8.39. The van der Waals surface area contributed by atoms with E-state index in [2.05, 4.69) is 26.7 Å². The molecule has 0 aliphatic carbocycles. The number of hydrogen-bond acceptors (Lipinski definition) is 6. The highest BCUT2D eigenvalue weighted by Gasteiger charge is 2.45. The molecule has 3 aromatic rings. The highest BCUT2D eigenvalue weighted by Crippen LogP contribution is 2.37. The summed E-state index contributed by atoms with van der Waals surface area (Å²) < 4.78 is 0. The van der Waals surface area contributed by atoms with Gasteiger partial charge in [-0.15, -0.1) is 0 Å². The van der Waals surface area contributed by atoms with Gasteiger partial charge in [-0.2, -0.15) is 0 Å². The van der Waals surface area contributed by atoms with Gasteiger partial charge in [-0.25, -0.2) is 9.97 Å². The van der Waals surface area contributed by atoms with E-state index in [9.17, 15) is 9.59 Å². The number of carbonyl (C=O) groups excluding carboxylic acids is 2. The van der Waals surface area contributed by atoms with Crippen LogP contribution in [0.1, 0.15) is 31.7 Å². The smallest absolute Gasteiger partial charge is 0.233 e. The molecule has 2 saturated heterocycles. The van der Waals surface area contributed by atoms with Crippen molar-refractivity contribution in [3.8, 4) is 0 Å². The van der Waals surface area contributed by atoms with Crippen molar-refractivity contribution in [1.29, 1.82) is 0 Å². The Morgan fingerprint density at radius 2 is 1.21 bits per heavy atom. The molecule has 2 aliphatic heterocycles. The fraction of sp³-hybridized carbons (Fsp3) is 0.419. The predicted octanol–water partition coefficient (Wildman–Crippen LogP) is 3.60. The second kappa shape index (κ2) is 12.3. The molecule has 39 heavy (non-hydrogen) atoms. The van der Waals surface area contributed by atoms with Gasteiger partial charge in [-0.05, 0) is 36.2 Å². The summed E-state index contributed by atoms with van der Waals surface area (Å²) in [6.07, 6.45) is 5.24. The number of piperazine rings is 2. The average molecular weight is 527 g/mol. The van der Waals surface area contributed by atoms with Crippen LogP contribution in [0.25, 0.3) is 0 Å². The molecule has 2 aliphatic rings. The van der Waals surface area contributed by atoms with E-state index in [1.807, 2.05) is 76.5 Å². The van der Waals surface area contributed by atoms with Crippen molar-refractivity contribution in [3.05, 3.63) is 84.7 Å². The van der Waals surface area contributed by atoms with E-state index in [0.717, 1.165) is 49.8 Å². The molecule has 4 heterocycles. The zero-order valence-corrected chi connectivity index (χ0v) is 22.8. The molecular formula is C31H38N6O2. The zero-order valence-electron chi connectivity index (χ0n) is 22.8. The largest absolute Gasteiger partial charge is 0.353 e. The predicted molar refractivity (Wildman–Crippen MR) is 154 cm³/mol. The van der Waals surface area contributed by atoms with Gasteiger partial charge >= 0.3 is 0 Å². The number of hydrogen-bond donors (Lipinski definition) is 0. The standard InChI is InChI=1S/C31H38N6O2/c1-2-14-31(26-10-4-3-5-11-26,30(39)37-23-19-35(20-24-37)28-13-7-9-16-33-28)25-29(38)36-21-17-34(18-22-36)27-12-6-8-15-32-27/h3-13,15-16H,2,14,17-25H2,1H3. The maximum atomic E-state index is 14.4. The summed E-state index contributed by atoms with van der Waals surface area (Å²) in [4.78, 5) is 45.5. The molecule has 2 fully saturated rings. The van der Waals surface area contributed by atoms with Crippen LogP contribution in [0, 0.1) is 0 Å². The number of pyridine rings is 2. The van der Waals surface area contributed by atoms with Gasteiger partial charge in [0.25, 0.3) is 0 Å². The number of rotatable bonds is 8. The van der Waals surface area contributed by atoms with Crippen molar-refractivity contribution in [2.24, 2.45) is 0 Å². The summed E-state index contributed by atoms with van der Waals surface area (Å²) in [6, 6.07) is 21.8. The van der Waals surface area contributed by atoms with Crippen LogP contribution < -0.4 is 9.80 Å². The third kappa shape index (κ3) is 5.90. The molecule has 0 saturated carbocycles. The third-order valence-electron chi connectivity index (χ3n) is 8.01. The van der Waals surface area contributed by atoms with Gasteiger partial charge in [0.1, 0.15) is 11.6 Å². The van der Waals surface area contributed by atoms with E-state index in [-0.39, 0.29) is 18.2 Å². The van der Waals surface area contributed by atoms with Gasteiger partial charge < -0.3 is 19.6 Å². The maximum Gasteiger partial charge on any atom is 0.233 e. The summed E-state index contributed by atoms with van der Waals surface area (Å²) in [7, 11) is 0. The SMILES string of the molecule is CCCC(CC(=O)N1CCN(c2ccccn2)CC1)(C(=O)N1CCN(c2ccccn2)CC1)c1ccccc1. The van der Waals surface area contributed by atoms with Crippen LogP contribution in [0.5, 0.6) is 0 Å². The van der Waals surface area contributed by atoms with Crippen molar-refractivity contribution < 1.29 is 9.59 Å². The van der Waals surface area contributed by atoms with Crippen LogP contribution in [-0.2, 0) is 15.0 Å². The lowest BCUT2D eigenvalue weighted by Gasteiger charge is -2.43. The van der Waals surface area contributed by atoms with Gasteiger partial charge in [-0.1, -0.05) is 55.8 Å². The zero-order chi connectivity index (χ0) is 27.1. The number of amides is 2.